The second-order valence-corrected chi connectivity index (χ2v) is 8.76. The van der Waals surface area contributed by atoms with Crippen LogP contribution < -0.4 is 20.3 Å². The second kappa shape index (κ2) is 10.3. The number of benzene rings is 3. The fourth-order valence-corrected chi connectivity index (χ4v) is 4.57. The van der Waals surface area contributed by atoms with Gasteiger partial charge in [-0.05, 0) is 80.4 Å². The van der Waals surface area contributed by atoms with Gasteiger partial charge >= 0.3 is 0 Å². The van der Waals surface area contributed by atoms with Crippen molar-refractivity contribution in [3.8, 4) is 5.75 Å². The topological polar surface area (TPSA) is 70.7 Å². The molecule has 2 amide bonds. The number of nitrogens with one attached hydrogen (secondary N) is 2. The van der Waals surface area contributed by atoms with Crippen molar-refractivity contribution in [1.82, 2.24) is 5.32 Å². The Labute approximate surface area is 204 Å². The number of hydrogen-bond acceptors (Lipinski definition) is 4. The molecule has 0 radical (unpaired) electrons. The van der Waals surface area contributed by atoms with Crippen LogP contribution in [0, 0.1) is 6.92 Å². The first-order valence-electron chi connectivity index (χ1n) is 11.3. The summed E-state index contributed by atoms with van der Waals surface area (Å²) in [5, 5.41) is 6.87. The van der Waals surface area contributed by atoms with Gasteiger partial charge in [-0.1, -0.05) is 29.8 Å². The van der Waals surface area contributed by atoms with E-state index in [1.54, 1.807) is 29.2 Å². The number of amides is 2. The number of rotatable bonds is 5. The highest BCUT2D eigenvalue weighted by atomic mass is 35.5. The molecule has 4 rings (SSSR count). The van der Waals surface area contributed by atoms with Crippen LogP contribution in [0.3, 0.4) is 0 Å². The third kappa shape index (κ3) is 4.79. The molecule has 0 aromatic heterocycles. The summed E-state index contributed by atoms with van der Waals surface area (Å²) in [6, 6.07) is 18.2. The molecular formula is C27H28ClN3O3. The summed E-state index contributed by atoms with van der Waals surface area (Å²) in [5.41, 5.74) is 4.31. The van der Waals surface area contributed by atoms with Gasteiger partial charge < -0.3 is 20.3 Å². The number of ether oxygens (including phenoxy) is 1. The van der Waals surface area contributed by atoms with E-state index in [0.717, 1.165) is 29.7 Å². The molecule has 0 saturated heterocycles. The lowest BCUT2D eigenvalue weighted by molar-refractivity contribution is 0.0985. The highest BCUT2D eigenvalue weighted by molar-refractivity contribution is 6.30. The van der Waals surface area contributed by atoms with Crippen molar-refractivity contribution in [1.29, 1.82) is 0 Å². The zero-order valence-corrected chi connectivity index (χ0v) is 20.3. The molecule has 1 aliphatic heterocycles. The van der Waals surface area contributed by atoms with E-state index in [0.29, 0.717) is 34.1 Å². The molecular weight excluding hydrogens is 450 g/mol. The minimum absolute atomic E-state index is 0.125. The Hall–Kier alpha value is -3.35. The molecule has 2 N–H and O–H groups in total. The van der Waals surface area contributed by atoms with Crippen LogP contribution in [0.15, 0.2) is 60.7 Å². The first-order valence-corrected chi connectivity index (χ1v) is 11.6. The minimum atomic E-state index is -0.230. The van der Waals surface area contributed by atoms with E-state index in [1.807, 2.05) is 50.4 Å². The van der Waals surface area contributed by atoms with Gasteiger partial charge in [0.25, 0.3) is 11.8 Å². The number of carbonyl (C=O) groups is 2. The van der Waals surface area contributed by atoms with Gasteiger partial charge in [-0.2, -0.15) is 0 Å². The number of anilines is 2. The summed E-state index contributed by atoms with van der Waals surface area (Å²) in [7, 11) is 3.44. The lowest BCUT2D eigenvalue weighted by Crippen LogP contribution is -2.32. The summed E-state index contributed by atoms with van der Waals surface area (Å²) in [4.78, 5) is 28.2. The Kier molecular flexibility index (Phi) is 7.20. The predicted molar refractivity (Wildman–Crippen MR) is 136 cm³/mol. The van der Waals surface area contributed by atoms with Crippen LogP contribution in [0.2, 0.25) is 5.02 Å². The number of hydrogen-bond donors (Lipinski definition) is 2. The summed E-state index contributed by atoms with van der Waals surface area (Å²) in [6.45, 7) is 2.48. The molecule has 3 aromatic carbocycles. The van der Waals surface area contributed by atoms with Crippen LogP contribution >= 0.6 is 11.6 Å². The fraction of sp³-hybridized carbons (Fsp3) is 0.259. The van der Waals surface area contributed by atoms with Gasteiger partial charge in [-0.3, -0.25) is 9.59 Å². The Morgan fingerprint density at radius 2 is 1.88 bits per heavy atom. The molecule has 3 aromatic rings. The van der Waals surface area contributed by atoms with E-state index in [2.05, 4.69) is 10.6 Å². The summed E-state index contributed by atoms with van der Waals surface area (Å²) < 4.78 is 5.52. The van der Waals surface area contributed by atoms with Gasteiger partial charge in [-0.15, -0.1) is 0 Å². The zero-order valence-electron chi connectivity index (χ0n) is 19.5. The van der Waals surface area contributed by atoms with E-state index < -0.39 is 0 Å². The molecule has 0 spiro atoms. The van der Waals surface area contributed by atoms with E-state index in [1.165, 1.54) is 7.11 Å². The molecule has 0 fully saturated rings. The fourth-order valence-electron chi connectivity index (χ4n) is 4.39. The van der Waals surface area contributed by atoms with Crippen LogP contribution in [0.1, 0.15) is 50.7 Å². The number of halogens is 1. The lowest BCUT2D eigenvalue weighted by Gasteiger charge is -2.25. The second-order valence-electron chi connectivity index (χ2n) is 8.33. The largest absolute Gasteiger partial charge is 0.495 e. The van der Waals surface area contributed by atoms with Crippen molar-refractivity contribution in [3.05, 3.63) is 87.9 Å². The van der Waals surface area contributed by atoms with Gasteiger partial charge in [0.1, 0.15) is 5.75 Å². The molecule has 34 heavy (non-hydrogen) atoms. The van der Waals surface area contributed by atoms with Crippen molar-refractivity contribution in [2.45, 2.75) is 25.8 Å². The SMILES string of the molecule is CNC1CCCN(C(=O)c2ccc(NC(=O)c3ccccc3C)c(OC)c2)c2ccc(Cl)cc21. The van der Waals surface area contributed by atoms with Crippen LogP contribution in [0.25, 0.3) is 0 Å². The smallest absolute Gasteiger partial charge is 0.258 e. The molecule has 7 heteroatoms. The molecule has 1 heterocycles. The lowest BCUT2D eigenvalue weighted by atomic mass is 10.0. The van der Waals surface area contributed by atoms with E-state index in [4.69, 9.17) is 16.3 Å². The molecule has 176 valence electrons. The molecule has 0 saturated carbocycles. The molecule has 1 atom stereocenters. The molecule has 1 unspecified atom stereocenters. The third-order valence-corrected chi connectivity index (χ3v) is 6.45. The van der Waals surface area contributed by atoms with Crippen molar-refractivity contribution in [2.75, 3.05) is 30.9 Å². The number of methoxy groups -OCH3 is 1. The summed E-state index contributed by atoms with van der Waals surface area (Å²) in [6.07, 6.45) is 1.76. The minimum Gasteiger partial charge on any atom is -0.495 e. The Morgan fingerprint density at radius 1 is 1.09 bits per heavy atom. The standard InChI is InChI=1S/C27H28ClN3O3/c1-17-7-4-5-8-20(17)26(32)30-23-12-10-18(15-25(23)34-3)27(33)31-14-6-9-22(29-2)21-16-19(28)11-13-24(21)31/h4-5,7-8,10-13,15-16,22,29H,6,9,14H2,1-3H3,(H,30,32). The first-order chi connectivity index (χ1) is 16.4. The predicted octanol–water partition coefficient (Wildman–Crippen LogP) is 5.61. The van der Waals surface area contributed by atoms with E-state index in [-0.39, 0.29) is 17.9 Å². The average molecular weight is 478 g/mol. The van der Waals surface area contributed by atoms with Gasteiger partial charge in [0.05, 0.1) is 12.8 Å². The van der Waals surface area contributed by atoms with Gasteiger partial charge in [-0.25, -0.2) is 0 Å². The van der Waals surface area contributed by atoms with Crippen molar-refractivity contribution >= 4 is 34.8 Å². The maximum Gasteiger partial charge on any atom is 0.258 e. The Balaban J connectivity index is 1.63. The molecule has 0 bridgehead atoms. The molecule has 6 nitrogen and oxygen atoms in total. The van der Waals surface area contributed by atoms with Crippen molar-refractivity contribution < 1.29 is 14.3 Å². The van der Waals surface area contributed by atoms with Crippen molar-refractivity contribution in [2.24, 2.45) is 0 Å². The normalized spacial score (nSPS) is 15.3. The third-order valence-electron chi connectivity index (χ3n) is 6.21. The molecule has 0 aliphatic carbocycles. The maximum absolute atomic E-state index is 13.6. The van der Waals surface area contributed by atoms with Crippen LogP contribution in [-0.4, -0.2) is 32.5 Å². The van der Waals surface area contributed by atoms with Crippen LogP contribution in [0.5, 0.6) is 5.75 Å². The molecule has 1 aliphatic rings. The zero-order chi connectivity index (χ0) is 24.2. The average Bonchev–Trinajstić information content (AvgIpc) is 3.02. The Bertz CT molecular complexity index is 1230. The summed E-state index contributed by atoms with van der Waals surface area (Å²) >= 11 is 6.27. The highest BCUT2D eigenvalue weighted by Gasteiger charge is 2.27. The summed E-state index contributed by atoms with van der Waals surface area (Å²) in [5.74, 6) is 0.0642. The maximum atomic E-state index is 13.6. The van der Waals surface area contributed by atoms with E-state index in [9.17, 15) is 9.59 Å². The van der Waals surface area contributed by atoms with Crippen LogP contribution in [-0.2, 0) is 0 Å². The number of nitrogens with zero attached hydrogens (tertiary/aromatic N) is 1. The first kappa shape index (κ1) is 23.8. The van der Waals surface area contributed by atoms with Gasteiger partial charge in [0.15, 0.2) is 0 Å². The van der Waals surface area contributed by atoms with Gasteiger partial charge in [0, 0.05) is 34.4 Å². The Morgan fingerprint density at radius 3 is 2.62 bits per heavy atom. The number of carbonyl (C=O) groups excluding carboxylic acids is 2. The van der Waals surface area contributed by atoms with Crippen LogP contribution in [0.4, 0.5) is 11.4 Å². The highest BCUT2D eigenvalue weighted by Crippen LogP contribution is 2.36. The van der Waals surface area contributed by atoms with Gasteiger partial charge in [0.2, 0.25) is 0 Å². The van der Waals surface area contributed by atoms with Crippen molar-refractivity contribution in [3.63, 3.8) is 0 Å². The van der Waals surface area contributed by atoms with E-state index >= 15 is 0 Å². The quantitative estimate of drug-likeness (QED) is 0.501. The number of fused-ring (bicyclic) bond motifs is 1. The number of aryl methyl sites for hydroxylation is 1. The monoisotopic (exact) mass is 477 g/mol.